The molecule has 0 saturated heterocycles. The molecule has 0 heterocycles. The molecule has 2 aliphatic carbocycles. The minimum Gasteiger partial charge on any atom is -0.343 e. The van der Waals surface area contributed by atoms with Crippen LogP contribution >= 0.6 is 0 Å². The molecule has 5 rings (SSSR count). The fourth-order valence-electron chi connectivity index (χ4n) is 7.32. The molecule has 0 aliphatic heterocycles. The fourth-order valence-corrected chi connectivity index (χ4v) is 7.32. The van der Waals surface area contributed by atoms with Crippen molar-refractivity contribution in [3.63, 3.8) is 0 Å². The van der Waals surface area contributed by atoms with Gasteiger partial charge in [-0.3, -0.25) is 9.59 Å². The van der Waals surface area contributed by atoms with Crippen LogP contribution in [0.2, 0.25) is 0 Å². The summed E-state index contributed by atoms with van der Waals surface area (Å²) in [6.45, 7) is 8.90. The van der Waals surface area contributed by atoms with Crippen LogP contribution in [-0.2, 0) is 27.8 Å². The van der Waals surface area contributed by atoms with Crippen molar-refractivity contribution in [2.45, 2.75) is 83.6 Å². The van der Waals surface area contributed by atoms with E-state index in [-0.39, 0.29) is 23.1 Å². The topological polar surface area (TPSA) is 58.2 Å². The van der Waals surface area contributed by atoms with Crippen molar-refractivity contribution in [3.8, 4) is 0 Å². The van der Waals surface area contributed by atoms with E-state index in [1.165, 1.54) is 28.8 Å². The first-order chi connectivity index (χ1) is 19.1. The molecule has 0 unspecified atom stereocenters. The molecule has 3 aromatic rings. The van der Waals surface area contributed by atoms with Gasteiger partial charge in [-0.05, 0) is 83.4 Å². The molecule has 40 heavy (non-hydrogen) atoms. The lowest BCUT2D eigenvalue weighted by molar-refractivity contribution is -0.141. The number of hydrogen-bond donors (Lipinski definition) is 2. The van der Waals surface area contributed by atoms with E-state index in [0.29, 0.717) is 18.0 Å². The van der Waals surface area contributed by atoms with Gasteiger partial charge in [0.05, 0.1) is 5.41 Å². The average molecular weight is 541 g/mol. The van der Waals surface area contributed by atoms with Crippen molar-refractivity contribution in [2.24, 2.45) is 11.3 Å². The maximum absolute atomic E-state index is 14.2. The molecule has 4 atom stereocenters. The van der Waals surface area contributed by atoms with E-state index >= 15 is 0 Å². The SMILES string of the molecule is CC(C)c1ccc2c(c1)CC[C@H]1[C@](C)(C(=O)N[C@H](Cc3ccccc3)C(=O)Nc3cccc(F)c3)CCC[C@]21C. The summed E-state index contributed by atoms with van der Waals surface area (Å²) >= 11 is 0. The average Bonchev–Trinajstić information content (AvgIpc) is 2.92. The summed E-state index contributed by atoms with van der Waals surface area (Å²) in [5.74, 6) is -0.178. The van der Waals surface area contributed by atoms with Gasteiger partial charge in [0.25, 0.3) is 0 Å². The van der Waals surface area contributed by atoms with Crippen molar-refractivity contribution in [1.29, 1.82) is 0 Å². The number of carbonyl (C=O) groups is 2. The van der Waals surface area contributed by atoms with Crippen molar-refractivity contribution in [3.05, 3.63) is 101 Å². The third-order valence-corrected chi connectivity index (χ3v) is 9.56. The smallest absolute Gasteiger partial charge is 0.247 e. The molecule has 1 fully saturated rings. The molecule has 0 spiro atoms. The number of fused-ring (bicyclic) bond motifs is 3. The third-order valence-electron chi connectivity index (χ3n) is 9.56. The number of anilines is 1. The quantitative estimate of drug-likeness (QED) is 0.330. The van der Waals surface area contributed by atoms with Crippen LogP contribution in [-0.4, -0.2) is 17.9 Å². The Hall–Kier alpha value is -3.47. The second-order valence-corrected chi connectivity index (χ2v) is 12.6. The van der Waals surface area contributed by atoms with E-state index in [9.17, 15) is 14.0 Å². The lowest BCUT2D eigenvalue weighted by atomic mass is 9.49. The molecular weight excluding hydrogens is 499 g/mol. The van der Waals surface area contributed by atoms with Crippen LogP contribution in [0.4, 0.5) is 10.1 Å². The van der Waals surface area contributed by atoms with Crippen LogP contribution in [0.1, 0.15) is 81.5 Å². The van der Waals surface area contributed by atoms with E-state index in [4.69, 9.17) is 0 Å². The van der Waals surface area contributed by atoms with Gasteiger partial charge in [-0.15, -0.1) is 0 Å². The van der Waals surface area contributed by atoms with E-state index in [1.54, 1.807) is 12.1 Å². The van der Waals surface area contributed by atoms with Gasteiger partial charge in [-0.1, -0.05) is 88.7 Å². The summed E-state index contributed by atoms with van der Waals surface area (Å²) < 4.78 is 13.8. The number of aryl methyl sites for hydroxylation is 1. The predicted octanol–water partition coefficient (Wildman–Crippen LogP) is 7.33. The maximum atomic E-state index is 14.2. The highest BCUT2D eigenvalue weighted by Gasteiger charge is 2.55. The van der Waals surface area contributed by atoms with Crippen LogP contribution in [0.5, 0.6) is 0 Å². The lowest BCUT2D eigenvalue weighted by Crippen LogP contribution is -2.58. The number of benzene rings is 3. The second-order valence-electron chi connectivity index (χ2n) is 12.6. The molecule has 2 amide bonds. The Morgan fingerprint density at radius 2 is 1.75 bits per heavy atom. The zero-order chi connectivity index (χ0) is 28.5. The largest absolute Gasteiger partial charge is 0.343 e. The van der Waals surface area contributed by atoms with E-state index in [1.807, 2.05) is 30.3 Å². The van der Waals surface area contributed by atoms with Gasteiger partial charge in [0.1, 0.15) is 11.9 Å². The zero-order valence-corrected chi connectivity index (χ0v) is 24.1. The standard InChI is InChI=1S/C35H41FN2O2/c1-23(2)25-14-16-29-26(21-25)15-17-31-34(29,3)18-9-19-35(31,4)33(40)38-30(20-24-10-6-5-7-11-24)32(39)37-28-13-8-12-27(36)22-28/h5-8,10-14,16,21-23,30-31H,9,15,17-20H2,1-4H3,(H,37,39)(H,38,40)/t30-,31-,34-,35-/m1/s1. The first-order valence-corrected chi connectivity index (χ1v) is 14.6. The van der Waals surface area contributed by atoms with Gasteiger partial charge in [0, 0.05) is 12.1 Å². The van der Waals surface area contributed by atoms with E-state index in [2.05, 4.69) is 56.5 Å². The first-order valence-electron chi connectivity index (χ1n) is 14.6. The van der Waals surface area contributed by atoms with Gasteiger partial charge in [-0.2, -0.15) is 0 Å². The zero-order valence-electron chi connectivity index (χ0n) is 24.1. The highest BCUT2D eigenvalue weighted by atomic mass is 19.1. The molecular formula is C35H41FN2O2. The summed E-state index contributed by atoms with van der Waals surface area (Å²) in [7, 11) is 0. The molecule has 0 radical (unpaired) electrons. The molecule has 0 aromatic heterocycles. The molecule has 4 nitrogen and oxygen atoms in total. The van der Waals surface area contributed by atoms with Gasteiger partial charge < -0.3 is 10.6 Å². The highest BCUT2D eigenvalue weighted by molar-refractivity contribution is 5.98. The van der Waals surface area contributed by atoms with E-state index < -0.39 is 17.3 Å². The molecule has 0 bridgehead atoms. The Morgan fingerprint density at radius 3 is 2.48 bits per heavy atom. The molecule has 3 aromatic carbocycles. The molecule has 2 N–H and O–H groups in total. The van der Waals surface area contributed by atoms with Gasteiger partial charge in [-0.25, -0.2) is 4.39 Å². The summed E-state index contributed by atoms with van der Waals surface area (Å²) in [6.07, 6.45) is 5.08. The maximum Gasteiger partial charge on any atom is 0.247 e. The van der Waals surface area contributed by atoms with Crippen LogP contribution in [0, 0.1) is 17.2 Å². The minimum absolute atomic E-state index is 0.0685. The molecule has 210 valence electrons. The number of nitrogens with one attached hydrogen (secondary N) is 2. The monoisotopic (exact) mass is 540 g/mol. The minimum atomic E-state index is -0.785. The van der Waals surface area contributed by atoms with Gasteiger partial charge in [0.15, 0.2) is 0 Å². The number of halogens is 1. The number of amides is 2. The summed E-state index contributed by atoms with van der Waals surface area (Å²) in [5, 5.41) is 5.99. The van der Waals surface area contributed by atoms with Crippen molar-refractivity contribution < 1.29 is 14.0 Å². The molecule has 5 heteroatoms. The second kappa shape index (κ2) is 11.2. The van der Waals surface area contributed by atoms with E-state index in [0.717, 1.165) is 37.7 Å². The fraction of sp³-hybridized carbons (Fsp3) is 0.429. The van der Waals surface area contributed by atoms with Gasteiger partial charge in [0.2, 0.25) is 11.8 Å². The van der Waals surface area contributed by atoms with Crippen LogP contribution in [0.15, 0.2) is 72.8 Å². The number of hydrogen-bond acceptors (Lipinski definition) is 2. The van der Waals surface area contributed by atoms with Crippen molar-refractivity contribution in [1.82, 2.24) is 5.32 Å². The summed E-state index contributed by atoms with van der Waals surface area (Å²) in [6, 6.07) is 21.7. The lowest BCUT2D eigenvalue weighted by Gasteiger charge is -2.54. The van der Waals surface area contributed by atoms with Gasteiger partial charge >= 0.3 is 0 Å². The predicted molar refractivity (Wildman–Crippen MR) is 159 cm³/mol. The number of carbonyl (C=O) groups excluding carboxylic acids is 2. The van der Waals surface area contributed by atoms with Crippen LogP contribution in [0.25, 0.3) is 0 Å². The normalized spacial score (nSPS) is 24.5. The summed E-state index contributed by atoms with van der Waals surface area (Å²) in [5.41, 5.74) is 4.81. The molecule has 2 aliphatic rings. The van der Waals surface area contributed by atoms with Crippen LogP contribution in [0.3, 0.4) is 0 Å². The number of rotatable bonds is 7. The highest BCUT2D eigenvalue weighted by Crippen LogP contribution is 2.57. The Morgan fingerprint density at radius 1 is 0.975 bits per heavy atom. The summed E-state index contributed by atoms with van der Waals surface area (Å²) in [4.78, 5) is 27.7. The Labute approximate surface area is 237 Å². The first kappa shape index (κ1) is 28.1. The Kier molecular flexibility index (Phi) is 7.85. The Bertz CT molecular complexity index is 1390. The van der Waals surface area contributed by atoms with Crippen LogP contribution < -0.4 is 10.6 Å². The van der Waals surface area contributed by atoms with Crippen molar-refractivity contribution in [2.75, 3.05) is 5.32 Å². The third kappa shape index (κ3) is 5.43. The molecule has 1 saturated carbocycles. The Balaban J connectivity index is 1.41. The van der Waals surface area contributed by atoms with Crippen molar-refractivity contribution >= 4 is 17.5 Å².